The molecule has 0 N–H and O–H groups in total. The van der Waals surface area contributed by atoms with Crippen molar-refractivity contribution < 1.29 is 0 Å². The first-order valence-corrected chi connectivity index (χ1v) is 7.75. The fourth-order valence-corrected chi connectivity index (χ4v) is 2.76. The zero-order valence-corrected chi connectivity index (χ0v) is 14.5. The molecule has 4 nitrogen and oxygen atoms in total. The van der Waals surface area contributed by atoms with Gasteiger partial charge in [-0.3, -0.25) is 4.79 Å². The Labute approximate surface area is 134 Å². The summed E-state index contributed by atoms with van der Waals surface area (Å²) in [5.41, 5.74) is 1.94. The van der Waals surface area contributed by atoms with Gasteiger partial charge >= 0.3 is 0 Å². The number of anilines is 1. The van der Waals surface area contributed by atoms with E-state index in [0.717, 1.165) is 23.1 Å². The van der Waals surface area contributed by atoms with E-state index in [0.29, 0.717) is 4.47 Å². The van der Waals surface area contributed by atoms with Gasteiger partial charge in [-0.05, 0) is 40.0 Å². The summed E-state index contributed by atoms with van der Waals surface area (Å²) >= 11 is 6.77. The first-order valence-electron chi connectivity index (χ1n) is 6.16. The number of likely N-dealkylation sites (N-methyl/N-ethyl adjacent to an activating group) is 1. The van der Waals surface area contributed by atoms with Crippen molar-refractivity contribution in [2.24, 2.45) is 7.05 Å². The van der Waals surface area contributed by atoms with Crippen molar-refractivity contribution >= 4 is 37.5 Å². The molecule has 20 heavy (non-hydrogen) atoms. The highest BCUT2D eigenvalue weighted by Gasteiger charge is 2.10. The van der Waals surface area contributed by atoms with Crippen molar-refractivity contribution in [1.82, 2.24) is 9.78 Å². The second-order valence-electron chi connectivity index (χ2n) is 4.57. The summed E-state index contributed by atoms with van der Waals surface area (Å²) in [6.45, 7) is 0.815. The highest BCUT2D eigenvalue weighted by molar-refractivity contribution is 9.10. The van der Waals surface area contributed by atoms with Crippen molar-refractivity contribution in [3.63, 3.8) is 0 Å². The van der Waals surface area contributed by atoms with Gasteiger partial charge in [-0.15, -0.1) is 0 Å². The third-order valence-corrected chi connectivity index (χ3v) is 4.39. The maximum absolute atomic E-state index is 11.8. The molecule has 1 aromatic carbocycles. The van der Waals surface area contributed by atoms with Crippen LogP contribution in [0.15, 0.2) is 44.2 Å². The molecule has 0 aliphatic rings. The molecular formula is C14H15Br2N3O. The first kappa shape index (κ1) is 15.3. The molecule has 0 aliphatic carbocycles. The Morgan fingerprint density at radius 2 is 1.90 bits per heavy atom. The summed E-state index contributed by atoms with van der Waals surface area (Å²) in [6.07, 6.45) is 2.61. The van der Waals surface area contributed by atoms with Crippen LogP contribution in [0.1, 0.15) is 5.56 Å². The van der Waals surface area contributed by atoms with Crippen molar-refractivity contribution in [2.75, 3.05) is 18.5 Å². The van der Waals surface area contributed by atoms with Gasteiger partial charge in [0.05, 0.1) is 11.9 Å². The molecule has 0 fully saturated rings. The molecule has 0 amide bonds. The largest absolute Gasteiger partial charge is 0.372 e. The van der Waals surface area contributed by atoms with E-state index in [4.69, 9.17) is 0 Å². The van der Waals surface area contributed by atoms with Gasteiger partial charge < -0.3 is 4.90 Å². The van der Waals surface area contributed by atoms with E-state index < -0.39 is 0 Å². The fraction of sp³-hybridized carbons (Fsp3) is 0.286. The van der Waals surface area contributed by atoms with Crippen LogP contribution in [-0.2, 0) is 13.5 Å². The van der Waals surface area contributed by atoms with Crippen molar-refractivity contribution in [2.45, 2.75) is 6.42 Å². The predicted molar refractivity (Wildman–Crippen MR) is 88.3 cm³/mol. The number of nitrogens with zero attached hydrogens (tertiary/aromatic N) is 3. The fourth-order valence-electron chi connectivity index (χ4n) is 1.84. The Bertz CT molecular complexity index is 652. The molecular weight excluding hydrogens is 386 g/mol. The summed E-state index contributed by atoms with van der Waals surface area (Å²) in [5.74, 6) is 0. The lowest BCUT2D eigenvalue weighted by atomic mass is 10.1. The number of aryl methyl sites for hydroxylation is 1. The quantitative estimate of drug-likeness (QED) is 0.791. The summed E-state index contributed by atoms with van der Waals surface area (Å²) in [7, 11) is 3.60. The predicted octanol–water partition coefficient (Wildman–Crippen LogP) is 2.98. The van der Waals surface area contributed by atoms with E-state index in [1.165, 1.54) is 10.2 Å². The lowest BCUT2D eigenvalue weighted by molar-refractivity contribution is 0.697. The van der Waals surface area contributed by atoms with Gasteiger partial charge in [0.2, 0.25) is 0 Å². The topological polar surface area (TPSA) is 38.1 Å². The van der Waals surface area contributed by atoms with Crippen molar-refractivity contribution in [3.8, 4) is 0 Å². The van der Waals surface area contributed by atoms with E-state index in [9.17, 15) is 4.79 Å². The van der Waals surface area contributed by atoms with Crippen LogP contribution in [0, 0.1) is 0 Å². The summed E-state index contributed by atoms with van der Waals surface area (Å²) < 4.78 is 2.94. The summed E-state index contributed by atoms with van der Waals surface area (Å²) in [4.78, 5) is 13.9. The van der Waals surface area contributed by atoms with E-state index >= 15 is 0 Å². The normalized spacial score (nSPS) is 10.6. The third kappa shape index (κ3) is 3.49. The molecule has 0 atom stereocenters. The van der Waals surface area contributed by atoms with Crippen LogP contribution < -0.4 is 10.5 Å². The van der Waals surface area contributed by atoms with Crippen molar-refractivity contribution in [1.29, 1.82) is 0 Å². The maximum Gasteiger partial charge on any atom is 0.282 e. The lowest BCUT2D eigenvalue weighted by Crippen LogP contribution is -2.27. The summed E-state index contributed by atoms with van der Waals surface area (Å²) in [6, 6.07) is 8.25. The summed E-state index contributed by atoms with van der Waals surface area (Å²) in [5, 5.41) is 4.05. The van der Waals surface area contributed by atoms with Crippen LogP contribution in [0.3, 0.4) is 0 Å². The molecule has 1 aromatic heterocycles. The average Bonchev–Trinajstić information content (AvgIpc) is 2.44. The first-order chi connectivity index (χ1) is 9.49. The second-order valence-corrected chi connectivity index (χ2v) is 6.28. The van der Waals surface area contributed by atoms with Crippen LogP contribution in [0.2, 0.25) is 0 Å². The third-order valence-electron chi connectivity index (χ3n) is 3.12. The van der Waals surface area contributed by atoms with Crippen molar-refractivity contribution in [3.05, 3.63) is 55.3 Å². The Kier molecular flexibility index (Phi) is 4.99. The van der Waals surface area contributed by atoms with E-state index in [1.54, 1.807) is 13.2 Å². The van der Waals surface area contributed by atoms with E-state index in [-0.39, 0.29) is 5.56 Å². The number of benzene rings is 1. The molecule has 0 saturated carbocycles. The van der Waals surface area contributed by atoms with Gasteiger partial charge in [-0.2, -0.15) is 5.10 Å². The Morgan fingerprint density at radius 1 is 1.25 bits per heavy atom. The Balaban J connectivity index is 2.09. The molecule has 0 radical (unpaired) electrons. The van der Waals surface area contributed by atoms with E-state index in [2.05, 4.69) is 49.1 Å². The Hall–Kier alpha value is -1.14. The van der Waals surface area contributed by atoms with Gasteiger partial charge in [-0.25, -0.2) is 4.68 Å². The number of hydrogen-bond acceptors (Lipinski definition) is 3. The van der Waals surface area contributed by atoms with Gasteiger partial charge in [0, 0.05) is 25.1 Å². The maximum atomic E-state index is 11.8. The highest BCUT2D eigenvalue weighted by Crippen LogP contribution is 2.20. The zero-order chi connectivity index (χ0) is 14.7. The SMILES string of the molecule is CN(CCc1ccc(Br)cc1)c1cnn(C)c(=O)c1Br. The molecule has 6 heteroatoms. The lowest BCUT2D eigenvalue weighted by Gasteiger charge is -2.20. The smallest absolute Gasteiger partial charge is 0.282 e. The van der Waals surface area contributed by atoms with Crippen LogP contribution >= 0.6 is 31.9 Å². The second kappa shape index (κ2) is 6.54. The molecule has 0 unspecified atom stereocenters. The molecule has 0 aliphatic heterocycles. The molecule has 2 aromatic rings. The van der Waals surface area contributed by atoms with Crippen LogP contribution in [0.4, 0.5) is 5.69 Å². The van der Waals surface area contributed by atoms with E-state index in [1.807, 2.05) is 24.1 Å². The number of rotatable bonds is 4. The molecule has 1 heterocycles. The minimum absolute atomic E-state index is 0.127. The van der Waals surface area contributed by atoms with Gasteiger partial charge in [-0.1, -0.05) is 28.1 Å². The van der Waals surface area contributed by atoms with Gasteiger partial charge in [0.1, 0.15) is 4.47 Å². The van der Waals surface area contributed by atoms with Crippen LogP contribution in [0.5, 0.6) is 0 Å². The molecule has 0 bridgehead atoms. The number of halogens is 2. The molecule has 0 saturated heterocycles. The standard InChI is InChI=1S/C14H15Br2N3O/c1-18(8-7-10-3-5-11(15)6-4-10)12-9-17-19(2)14(20)13(12)16/h3-6,9H,7-8H2,1-2H3. The minimum Gasteiger partial charge on any atom is -0.372 e. The average molecular weight is 401 g/mol. The molecule has 0 spiro atoms. The monoisotopic (exact) mass is 399 g/mol. The van der Waals surface area contributed by atoms with Gasteiger partial charge in [0.25, 0.3) is 5.56 Å². The van der Waals surface area contributed by atoms with Gasteiger partial charge in [0.15, 0.2) is 0 Å². The Morgan fingerprint density at radius 3 is 2.55 bits per heavy atom. The molecule has 2 rings (SSSR count). The highest BCUT2D eigenvalue weighted by atomic mass is 79.9. The minimum atomic E-state index is -0.127. The number of aromatic nitrogens is 2. The molecule has 106 valence electrons. The zero-order valence-electron chi connectivity index (χ0n) is 11.3. The number of hydrogen-bond donors (Lipinski definition) is 0. The van der Waals surface area contributed by atoms with Crippen LogP contribution in [0.25, 0.3) is 0 Å². The van der Waals surface area contributed by atoms with Crippen LogP contribution in [-0.4, -0.2) is 23.4 Å².